The molecule has 1 aromatic heterocycles. The molecule has 6 heteroatoms. The molecule has 1 fully saturated rings. The summed E-state index contributed by atoms with van der Waals surface area (Å²) in [5, 5.41) is 2.97. The van der Waals surface area contributed by atoms with Crippen LogP contribution in [0.1, 0.15) is 31.9 Å². The standard InChI is InChI=1S/C15H23N3O3/c1-11(8-13-5-3-7-21-13)17-15(20)18-6-2-4-12(10-18)9-14(16)19/h3,5,7,11-12H,2,4,6,8-10H2,1H3,(H2,16,19)(H,17,20). The van der Waals surface area contributed by atoms with E-state index in [0.717, 1.165) is 25.1 Å². The van der Waals surface area contributed by atoms with Gasteiger partial charge in [0.1, 0.15) is 5.76 Å². The number of hydrogen-bond donors (Lipinski definition) is 2. The molecule has 21 heavy (non-hydrogen) atoms. The first-order chi connectivity index (χ1) is 10.0. The number of rotatable bonds is 5. The molecule has 0 aromatic carbocycles. The quantitative estimate of drug-likeness (QED) is 0.862. The highest BCUT2D eigenvalue weighted by molar-refractivity contribution is 5.75. The molecule has 0 spiro atoms. The van der Waals surface area contributed by atoms with E-state index in [1.165, 1.54) is 0 Å². The molecule has 0 saturated carbocycles. The number of piperidine rings is 1. The van der Waals surface area contributed by atoms with Crippen molar-refractivity contribution in [1.82, 2.24) is 10.2 Å². The number of furan rings is 1. The molecule has 1 saturated heterocycles. The van der Waals surface area contributed by atoms with Crippen LogP contribution in [0.15, 0.2) is 22.8 Å². The Labute approximate surface area is 124 Å². The Morgan fingerprint density at radius 1 is 1.57 bits per heavy atom. The Hall–Kier alpha value is -1.98. The first-order valence-electron chi connectivity index (χ1n) is 7.40. The Morgan fingerprint density at radius 2 is 2.38 bits per heavy atom. The van der Waals surface area contributed by atoms with E-state index in [4.69, 9.17) is 10.2 Å². The van der Waals surface area contributed by atoms with E-state index in [1.54, 1.807) is 11.2 Å². The second-order valence-electron chi connectivity index (χ2n) is 5.76. The first-order valence-corrected chi connectivity index (χ1v) is 7.40. The number of carbonyl (C=O) groups excluding carboxylic acids is 2. The number of primary amides is 1. The molecule has 2 atom stereocenters. The van der Waals surface area contributed by atoms with Crippen molar-refractivity contribution < 1.29 is 14.0 Å². The van der Waals surface area contributed by atoms with Crippen LogP contribution in [-0.2, 0) is 11.2 Å². The fourth-order valence-electron chi connectivity index (χ4n) is 2.78. The summed E-state index contributed by atoms with van der Waals surface area (Å²) in [7, 11) is 0. The Kier molecular flexibility index (Phi) is 5.25. The zero-order valence-electron chi connectivity index (χ0n) is 12.4. The molecule has 3 N–H and O–H groups in total. The number of nitrogens with zero attached hydrogens (tertiary/aromatic N) is 1. The second kappa shape index (κ2) is 7.15. The number of nitrogens with one attached hydrogen (secondary N) is 1. The number of urea groups is 1. The maximum absolute atomic E-state index is 12.2. The first kappa shape index (κ1) is 15.4. The van der Waals surface area contributed by atoms with Crippen LogP contribution in [0, 0.1) is 5.92 Å². The van der Waals surface area contributed by atoms with Crippen LogP contribution in [0.5, 0.6) is 0 Å². The number of likely N-dealkylation sites (tertiary alicyclic amines) is 1. The molecule has 2 unspecified atom stereocenters. The topological polar surface area (TPSA) is 88.6 Å². The van der Waals surface area contributed by atoms with Gasteiger partial charge in [0.25, 0.3) is 0 Å². The molecular weight excluding hydrogens is 270 g/mol. The predicted octanol–water partition coefficient (Wildman–Crippen LogP) is 1.51. The van der Waals surface area contributed by atoms with Gasteiger partial charge in [0.05, 0.1) is 6.26 Å². The molecule has 116 valence electrons. The minimum absolute atomic E-state index is 0.000155. The third kappa shape index (κ3) is 4.81. The fraction of sp³-hybridized carbons (Fsp3) is 0.600. The van der Waals surface area contributed by atoms with Crippen LogP contribution in [0.4, 0.5) is 4.79 Å². The van der Waals surface area contributed by atoms with Gasteiger partial charge in [-0.3, -0.25) is 4.79 Å². The average Bonchev–Trinajstić information content (AvgIpc) is 2.90. The third-order valence-corrected chi connectivity index (χ3v) is 3.75. The van der Waals surface area contributed by atoms with Gasteiger partial charge in [0.2, 0.25) is 5.91 Å². The van der Waals surface area contributed by atoms with Crippen molar-refractivity contribution in [3.8, 4) is 0 Å². The molecular formula is C15H23N3O3. The van der Waals surface area contributed by atoms with Gasteiger partial charge in [-0.25, -0.2) is 4.79 Å². The molecule has 1 aliphatic rings. The van der Waals surface area contributed by atoms with E-state index >= 15 is 0 Å². The van der Waals surface area contributed by atoms with Crippen LogP contribution >= 0.6 is 0 Å². The highest BCUT2D eigenvalue weighted by Crippen LogP contribution is 2.19. The van der Waals surface area contributed by atoms with Crippen LogP contribution in [0.2, 0.25) is 0 Å². The van der Waals surface area contributed by atoms with Gasteiger partial charge in [0, 0.05) is 32.0 Å². The predicted molar refractivity (Wildman–Crippen MR) is 78.5 cm³/mol. The van der Waals surface area contributed by atoms with Gasteiger partial charge < -0.3 is 20.4 Å². The van der Waals surface area contributed by atoms with E-state index in [0.29, 0.717) is 19.4 Å². The van der Waals surface area contributed by atoms with E-state index in [1.807, 2.05) is 19.1 Å². The second-order valence-corrected chi connectivity index (χ2v) is 5.76. The van der Waals surface area contributed by atoms with Gasteiger partial charge in [-0.05, 0) is 37.8 Å². The summed E-state index contributed by atoms with van der Waals surface area (Å²) in [4.78, 5) is 25.0. The molecule has 2 rings (SSSR count). The molecule has 3 amide bonds. The van der Waals surface area contributed by atoms with Crippen molar-refractivity contribution in [2.75, 3.05) is 13.1 Å². The molecule has 6 nitrogen and oxygen atoms in total. The van der Waals surface area contributed by atoms with Crippen molar-refractivity contribution in [2.45, 2.75) is 38.6 Å². The molecule has 0 aliphatic carbocycles. The van der Waals surface area contributed by atoms with Crippen molar-refractivity contribution in [2.24, 2.45) is 11.7 Å². The highest BCUT2D eigenvalue weighted by Gasteiger charge is 2.25. The van der Waals surface area contributed by atoms with E-state index < -0.39 is 0 Å². The Morgan fingerprint density at radius 3 is 3.05 bits per heavy atom. The lowest BCUT2D eigenvalue weighted by Gasteiger charge is -2.33. The smallest absolute Gasteiger partial charge is 0.317 e. The average molecular weight is 293 g/mol. The van der Waals surface area contributed by atoms with Gasteiger partial charge in [-0.15, -0.1) is 0 Å². The van der Waals surface area contributed by atoms with E-state index in [9.17, 15) is 9.59 Å². The maximum atomic E-state index is 12.2. The van der Waals surface area contributed by atoms with Crippen molar-refractivity contribution >= 4 is 11.9 Å². The fourth-order valence-corrected chi connectivity index (χ4v) is 2.78. The molecule has 2 heterocycles. The minimum atomic E-state index is -0.298. The summed E-state index contributed by atoms with van der Waals surface area (Å²) in [6.45, 7) is 3.28. The van der Waals surface area contributed by atoms with Crippen LogP contribution in [0.25, 0.3) is 0 Å². The van der Waals surface area contributed by atoms with E-state index in [-0.39, 0.29) is 23.9 Å². The van der Waals surface area contributed by atoms with Crippen molar-refractivity contribution in [3.63, 3.8) is 0 Å². The lowest BCUT2D eigenvalue weighted by atomic mass is 9.95. The van der Waals surface area contributed by atoms with E-state index in [2.05, 4.69) is 5.32 Å². The van der Waals surface area contributed by atoms with Gasteiger partial charge >= 0.3 is 6.03 Å². The van der Waals surface area contributed by atoms with Gasteiger partial charge in [0.15, 0.2) is 0 Å². The summed E-state index contributed by atoms with van der Waals surface area (Å²) in [6, 6.07) is 3.65. The molecule has 0 radical (unpaired) electrons. The lowest BCUT2D eigenvalue weighted by Crippen LogP contribution is -2.48. The zero-order valence-corrected chi connectivity index (χ0v) is 12.4. The molecule has 1 aromatic rings. The maximum Gasteiger partial charge on any atom is 0.317 e. The third-order valence-electron chi connectivity index (χ3n) is 3.75. The number of nitrogens with two attached hydrogens (primary N) is 1. The van der Waals surface area contributed by atoms with Crippen LogP contribution in [-0.4, -0.2) is 36.0 Å². The van der Waals surface area contributed by atoms with Gasteiger partial charge in [-0.1, -0.05) is 0 Å². The summed E-state index contributed by atoms with van der Waals surface area (Å²) in [5.41, 5.74) is 5.23. The van der Waals surface area contributed by atoms with Crippen molar-refractivity contribution in [3.05, 3.63) is 24.2 Å². The van der Waals surface area contributed by atoms with Crippen LogP contribution in [0.3, 0.4) is 0 Å². The number of carbonyl (C=O) groups is 2. The van der Waals surface area contributed by atoms with Gasteiger partial charge in [-0.2, -0.15) is 0 Å². The lowest BCUT2D eigenvalue weighted by molar-refractivity contribution is -0.119. The highest BCUT2D eigenvalue weighted by atomic mass is 16.3. The minimum Gasteiger partial charge on any atom is -0.469 e. The monoisotopic (exact) mass is 293 g/mol. The van der Waals surface area contributed by atoms with Crippen LogP contribution < -0.4 is 11.1 Å². The number of hydrogen-bond acceptors (Lipinski definition) is 3. The zero-order chi connectivity index (χ0) is 15.2. The van der Waals surface area contributed by atoms with Crippen molar-refractivity contribution in [1.29, 1.82) is 0 Å². The Balaban J connectivity index is 1.80. The summed E-state index contributed by atoms with van der Waals surface area (Å²) in [6.07, 6.45) is 4.51. The summed E-state index contributed by atoms with van der Waals surface area (Å²) < 4.78 is 5.28. The summed E-state index contributed by atoms with van der Waals surface area (Å²) >= 11 is 0. The molecule has 0 bridgehead atoms. The SMILES string of the molecule is CC(Cc1ccco1)NC(=O)N1CCCC(CC(N)=O)C1. The normalized spacial score (nSPS) is 20.0. The summed E-state index contributed by atoms with van der Waals surface area (Å²) in [5.74, 6) is 0.740. The Bertz CT molecular complexity index is 473. The largest absolute Gasteiger partial charge is 0.469 e. The number of amides is 3. The molecule has 1 aliphatic heterocycles.